The molecule has 96 valence electrons. The molecule has 1 N–H and O–H groups in total. The summed E-state index contributed by atoms with van der Waals surface area (Å²) in [6.45, 7) is 5.28. The third kappa shape index (κ3) is 2.62. The zero-order valence-electron chi connectivity index (χ0n) is 11.4. The summed E-state index contributed by atoms with van der Waals surface area (Å²) in [5, 5.41) is 3.40. The van der Waals surface area contributed by atoms with Gasteiger partial charge in [-0.3, -0.25) is 0 Å². The van der Waals surface area contributed by atoms with Gasteiger partial charge in [-0.2, -0.15) is 0 Å². The lowest BCUT2D eigenvalue weighted by Crippen LogP contribution is -2.21. The number of nitrogens with one attached hydrogen (secondary N) is 1. The summed E-state index contributed by atoms with van der Waals surface area (Å²) in [6.07, 6.45) is 4.84. The van der Waals surface area contributed by atoms with E-state index in [2.05, 4.69) is 53.0 Å². The summed E-state index contributed by atoms with van der Waals surface area (Å²) < 4.78 is 2.20. The highest BCUT2D eigenvalue weighted by Crippen LogP contribution is 2.20. The number of benzene rings is 1. The van der Waals surface area contributed by atoms with Crippen LogP contribution in [0.15, 0.2) is 36.7 Å². The molecule has 3 heteroatoms. The van der Waals surface area contributed by atoms with Gasteiger partial charge in [0, 0.05) is 31.4 Å². The molecule has 0 aliphatic rings. The summed E-state index contributed by atoms with van der Waals surface area (Å²) in [7, 11) is 2.01. The van der Waals surface area contributed by atoms with Crippen LogP contribution in [0.3, 0.4) is 0 Å². The van der Waals surface area contributed by atoms with Gasteiger partial charge in [0.1, 0.15) is 5.82 Å². The Morgan fingerprint density at radius 1 is 1.33 bits per heavy atom. The lowest BCUT2D eigenvalue weighted by molar-refractivity contribution is 0.551. The molecule has 1 heterocycles. The number of hydrogen-bond acceptors (Lipinski definition) is 2. The summed E-state index contributed by atoms with van der Waals surface area (Å²) in [5.74, 6) is 1.14. The van der Waals surface area contributed by atoms with Crippen LogP contribution >= 0.6 is 0 Å². The van der Waals surface area contributed by atoms with Crippen molar-refractivity contribution in [2.45, 2.75) is 32.9 Å². The third-order valence-electron chi connectivity index (χ3n) is 3.44. The minimum absolute atomic E-state index is 0.318. The summed E-state index contributed by atoms with van der Waals surface area (Å²) in [6, 6.07) is 8.85. The zero-order valence-corrected chi connectivity index (χ0v) is 11.4. The van der Waals surface area contributed by atoms with Crippen molar-refractivity contribution in [2.24, 2.45) is 0 Å². The molecule has 0 amide bonds. The second-order valence-electron chi connectivity index (χ2n) is 4.53. The van der Waals surface area contributed by atoms with Crippen LogP contribution in [0, 0.1) is 6.92 Å². The van der Waals surface area contributed by atoms with E-state index in [1.165, 1.54) is 11.1 Å². The molecule has 3 nitrogen and oxygen atoms in total. The first kappa shape index (κ1) is 12.8. The molecule has 0 spiro atoms. The topological polar surface area (TPSA) is 29.9 Å². The Hall–Kier alpha value is -1.61. The molecular formula is C15H21N3. The lowest BCUT2D eigenvalue weighted by atomic mass is 9.98. The van der Waals surface area contributed by atoms with Gasteiger partial charge in [0.2, 0.25) is 0 Å². The lowest BCUT2D eigenvalue weighted by Gasteiger charge is -2.19. The van der Waals surface area contributed by atoms with E-state index in [1.54, 1.807) is 0 Å². The third-order valence-corrected chi connectivity index (χ3v) is 3.44. The van der Waals surface area contributed by atoms with E-state index in [1.807, 2.05) is 19.4 Å². The normalized spacial score (nSPS) is 12.6. The standard InChI is InChI=1S/C15H21N3/c1-4-18-10-9-17-15(18)11-14(16-3)13-8-6-5-7-12(13)2/h5-10,14,16H,4,11H2,1-3H3. The minimum atomic E-state index is 0.318. The maximum absolute atomic E-state index is 4.45. The van der Waals surface area contributed by atoms with Gasteiger partial charge >= 0.3 is 0 Å². The average molecular weight is 243 g/mol. The Balaban J connectivity index is 2.23. The fourth-order valence-corrected chi connectivity index (χ4v) is 2.35. The van der Waals surface area contributed by atoms with Crippen LogP contribution in [-0.2, 0) is 13.0 Å². The summed E-state index contributed by atoms with van der Waals surface area (Å²) in [5.41, 5.74) is 2.68. The molecule has 18 heavy (non-hydrogen) atoms. The van der Waals surface area contributed by atoms with Gasteiger partial charge < -0.3 is 9.88 Å². The van der Waals surface area contributed by atoms with E-state index in [-0.39, 0.29) is 0 Å². The van der Waals surface area contributed by atoms with Gasteiger partial charge in [0.05, 0.1) is 0 Å². The van der Waals surface area contributed by atoms with Gasteiger partial charge in [-0.25, -0.2) is 4.98 Å². The first-order valence-electron chi connectivity index (χ1n) is 6.49. The van der Waals surface area contributed by atoms with Crippen LogP contribution in [0.5, 0.6) is 0 Å². The van der Waals surface area contributed by atoms with Crippen molar-refractivity contribution in [3.8, 4) is 0 Å². The molecular weight excluding hydrogens is 222 g/mol. The van der Waals surface area contributed by atoms with Crippen molar-refractivity contribution in [3.05, 3.63) is 53.6 Å². The van der Waals surface area contributed by atoms with E-state index in [0.29, 0.717) is 6.04 Å². The molecule has 0 aliphatic heterocycles. The largest absolute Gasteiger partial charge is 0.335 e. The van der Waals surface area contributed by atoms with Crippen molar-refractivity contribution in [3.63, 3.8) is 0 Å². The van der Waals surface area contributed by atoms with Crippen molar-refractivity contribution in [2.75, 3.05) is 7.05 Å². The Bertz CT molecular complexity index is 502. The molecule has 1 unspecified atom stereocenters. The smallest absolute Gasteiger partial charge is 0.110 e. The Labute approximate surface area is 109 Å². The van der Waals surface area contributed by atoms with E-state index in [4.69, 9.17) is 0 Å². The second-order valence-corrected chi connectivity index (χ2v) is 4.53. The highest BCUT2D eigenvalue weighted by Gasteiger charge is 2.14. The van der Waals surface area contributed by atoms with Gasteiger partial charge in [-0.1, -0.05) is 24.3 Å². The molecule has 2 aromatic rings. The first-order valence-corrected chi connectivity index (χ1v) is 6.49. The molecule has 2 rings (SSSR count). The SMILES string of the molecule is CCn1ccnc1CC(NC)c1ccccc1C. The number of aromatic nitrogens is 2. The van der Waals surface area contributed by atoms with Crippen molar-refractivity contribution in [1.82, 2.24) is 14.9 Å². The van der Waals surface area contributed by atoms with Gasteiger partial charge in [0.25, 0.3) is 0 Å². The minimum Gasteiger partial charge on any atom is -0.335 e. The van der Waals surface area contributed by atoms with Gasteiger partial charge in [-0.05, 0) is 32.0 Å². The van der Waals surface area contributed by atoms with Crippen LogP contribution < -0.4 is 5.32 Å². The summed E-state index contributed by atoms with van der Waals surface area (Å²) in [4.78, 5) is 4.45. The summed E-state index contributed by atoms with van der Waals surface area (Å²) >= 11 is 0. The number of imidazole rings is 1. The number of nitrogens with zero attached hydrogens (tertiary/aromatic N) is 2. The first-order chi connectivity index (χ1) is 8.76. The number of hydrogen-bond donors (Lipinski definition) is 1. The van der Waals surface area contributed by atoms with Gasteiger partial charge in [-0.15, -0.1) is 0 Å². The quantitative estimate of drug-likeness (QED) is 0.875. The van der Waals surface area contributed by atoms with Crippen LogP contribution in [0.25, 0.3) is 0 Å². The molecule has 0 fully saturated rings. The number of likely N-dealkylation sites (N-methyl/N-ethyl adjacent to an activating group) is 1. The van der Waals surface area contributed by atoms with Crippen LogP contribution in [-0.4, -0.2) is 16.6 Å². The van der Waals surface area contributed by atoms with E-state index in [0.717, 1.165) is 18.8 Å². The fourth-order valence-electron chi connectivity index (χ4n) is 2.35. The van der Waals surface area contributed by atoms with Crippen molar-refractivity contribution in [1.29, 1.82) is 0 Å². The maximum Gasteiger partial charge on any atom is 0.110 e. The molecule has 0 saturated carbocycles. The van der Waals surface area contributed by atoms with Crippen molar-refractivity contribution >= 4 is 0 Å². The highest BCUT2D eigenvalue weighted by molar-refractivity contribution is 5.29. The second kappa shape index (κ2) is 5.83. The van der Waals surface area contributed by atoms with E-state index < -0.39 is 0 Å². The molecule has 0 bridgehead atoms. The molecule has 1 aromatic carbocycles. The van der Waals surface area contributed by atoms with E-state index >= 15 is 0 Å². The van der Waals surface area contributed by atoms with Crippen LogP contribution in [0.1, 0.15) is 29.9 Å². The molecule has 1 atom stereocenters. The Morgan fingerprint density at radius 3 is 2.78 bits per heavy atom. The fraction of sp³-hybridized carbons (Fsp3) is 0.400. The Kier molecular flexibility index (Phi) is 4.15. The monoisotopic (exact) mass is 243 g/mol. The molecule has 0 aliphatic carbocycles. The van der Waals surface area contributed by atoms with Crippen molar-refractivity contribution < 1.29 is 0 Å². The Morgan fingerprint density at radius 2 is 2.11 bits per heavy atom. The number of rotatable bonds is 5. The predicted octanol–water partition coefficient (Wildman–Crippen LogP) is 2.71. The average Bonchev–Trinajstić information content (AvgIpc) is 2.84. The van der Waals surface area contributed by atoms with E-state index in [9.17, 15) is 0 Å². The zero-order chi connectivity index (χ0) is 13.0. The highest BCUT2D eigenvalue weighted by atomic mass is 15.1. The number of aryl methyl sites for hydroxylation is 2. The molecule has 0 radical (unpaired) electrons. The molecule has 0 saturated heterocycles. The van der Waals surface area contributed by atoms with Crippen LogP contribution in [0.4, 0.5) is 0 Å². The molecule has 1 aromatic heterocycles. The predicted molar refractivity (Wildman–Crippen MR) is 74.6 cm³/mol. The maximum atomic E-state index is 4.45. The van der Waals surface area contributed by atoms with Crippen LogP contribution in [0.2, 0.25) is 0 Å². The van der Waals surface area contributed by atoms with Gasteiger partial charge in [0.15, 0.2) is 0 Å².